The summed E-state index contributed by atoms with van der Waals surface area (Å²) < 4.78 is 6.13. The average molecular weight is 341 g/mol. The molecule has 0 aliphatic carbocycles. The molecule has 1 N–H and O–H groups in total. The minimum atomic E-state index is -0.562. The molecule has 0 aromatic heterocycles. The summed E-state index contributed by atoms with van der Waals surface area (Å²) >= 11 is 3.39. The van der Waals surface area contributed by atoms with Crippen molar-refractivity contribution in [1.82, 2.24) is 5.32 Å². The lowest BCUT2D eigenvalue weighted by molar-refractivity contribution is -0.133. The zero-order valence-corrected chi connectivity index (χ0v) is 13.2. The minimum Gasteiger partial charge on any atom is -0.495 e. The smallest absolute Gasteiger partial charge is 0.250 e. The van der Waals surface area contributed by atoms with E-state index in [0.29, 0.717) is 17.9 Å². The van der Waals surface area contributed by atoms with E-state index in [-0.39, 0.29) is 11.8 Å². The standard InChI is InChI=1S/C14H17BrN2O3/c1-4-10-14(19)17(8(2)13(18)16-10)11-7-9(15)5-6-12(11)20-3/h5-8,10H,4H2,1-3H3,(H,16,18). The summed E-state index contributed by atoms with van der Waals surface area (Å²) in [7, 11) is 1.54. The van der Waals surface area contributed by atoms with Crippen LogP contribution in [0, 0.1) is 0 Å². The number of anilines is 1. The number of carbonyl (C=O) groups is 2. The van der Waals surface area contributed by atoms with Gasteiger partial charge < -0.3 is 10.1 Å². The molecule has 1 saturated heterocycles. The predicted octanol–water partition coefficient (Wildman–Crippen LogP) is 2.09. The Bertz CT molecular complexity index is 547. The van der Waals surface area contributed by atoms with Crippen LogP contribution in [0.3, 0.4) is 0 Å². The number of methoxy groups -OCH3 is 1. The van der Waals surface area contributed by atoms with Crippen molar-refractivity contribution in [3.63, 3.8) is 0 Å². The molecule has 5 nitrogen and oxygen atoms in total. The van der Waals surface area contributed by atoms with E-state index in [1.807, 2.05) is 13.0 Å². The van der Waals surface area contributed by atoms with Gasteiger partial charge in [0.05, 0.1) is 12.8 Å². The third-order valence-corrected chi connectivity index (χ3v) is 3.92. The molecule has 20 heavy (non-hydrogen) atoms. The Balaban J connectivity index is 2.50. The predicted molar refractivity (Wildman–Crippen MR) is 79.9 cm³/mol. The fourth-order valence-corrected chi connectivity index (χ4v) is 2.63. The largest absolute Gasteiger partial charge is 0.495 e. The van der Waals surface area contributed by atoms with Gasteiger partial charge in [-0.05, 0) is 31.5 Å². The third-order valence-electron chi connectivity index (χ3n) is 3.43. The first-order valence-electron chi connectivity index (χ1n) is 6.46. The lowest BCUT2D eigenvalue weighted by Gasteiger charge is -2.37. The first kappa shape index (κ1) is 14.8. The second kappa shape index (κ2) is 5.83. The summed E-state index contributed by atoms with van der Waals surface area (Å²) in [4.78, 5) is 26.1. The summed E-state index contributed by atoms with van der Waals surface area (Å²) in [6.45, 7) is 3.58. The highest BCUT2D eigenvalue weighted by atomic mass is 79.9. The molecular formula is C14H17BrN2O3. The second-order valence-corrected chi connectivity index (χ2v) is 5.59. The highest BCUT2D eigenvalue weighted by molar-refractivity contribution is 9.10. The Morgan fingerprint density at radius 3 is 2.70 bits per heavy atom. The normalized spacial score (nSPS) is 22.7. The Morgan fingerprint density at radius 2 is 2.10 bits per heavy atom. The summed E-state index contributed by atoms with van der Waals surface area (Å²) in [6.07, 6.45) is 0.560. The SMILES string of the molecule is CCC1NC(=O)C(C)N(c2cc(Br)ccc2OC)C1=O. The lowest BCUT2D eigenvalue weighted by atomic mass is 10.0. The van der Waals surface area contributed by atoms with Crippen molar-refractivity contribution in [3.8, 4) is 5.75 Å². The van der Waals surface area contributed by atoms with Gasteiger partial charge in [0.2, 0.25) is 11.8 Å². The zero-order chi connectivity index (χ0) is 14.9. The molecule has 1 aromatic rings. The highest BCUT2D eigenvalue weighted by Gasteiger charge is 2.39. The van der Waals surface area contributed by atoms with Crippen molar-refractivity contribution in [3.05, 3.63) is 22.7 Å². The van der Waals surface area contributed by atoms with Gasteiger partial charge >= 0.3 is 0 Å². The monoisotopic (exact) mass is 340 g/mol. The maximum atomic E-state index is 12.5. The van der Waals surface area contributed by atoms with Crippen LogP contribution in [-0.4, -0.2) is 31.0 Å². The van der Waals surface area contributed by atoms with Gasteiger partial charge in [0.25, 0.3) is 0 Å². The number of hydrogen-bond acceptors (Lipinski definition) is 3. The number of benzene rings is 1. The summed E-state index contributed by atoms with van der Waals surface area (Å²) in [5.41, 5.74) is 0.604. The van der Waals surface area contributed by atoms with E-state index in [4.69, 9.17) is 4.74 Å². The van der Waals surface area contributed by atoms with Gasteiger partial charge in [-0.25, -0.2) is 0 Å². The Kier molecular flexibility index (Phi) is 4.32. The molecule has 0 radical (unpaired) electrons. The molecular weight excluding hydrogens is 324 g/mol. The number of halogens is 1. The number of rotatable bonds is 3. The fraction of sp³-hybridized carbons (Fsp3) is 0.429. The third kappa shape index (κ3) is 2.52. The number of amides is 2. The lowest BCUT2D eigenvalue weighted by Crippen LogP contribution is -2.62. The van der Waals surface area contributed by atoms with E-state index in [2.05, 4.69) is 21.2 Å². The molecule has 1 aliphatic heterocycles. The Hall–Kier alpha value is -1.56. The summed E-state index contributed by atoms with van der Waals surface area (Å²) in [6, 6.07) is 4.35. The van der Waals surface area contributed by atoms with Crippen LogP contribution in [-0.2, 0) is 9.59 Å². The van der Waals surface area contributed by atoms with E-state index in [1.165, 1.54) is 4.90 Å². The van der Waals surface area contributed by atoms with Gasteiger partial charge in [0.15, 0.2) is 0 Å². The molecule has 6 heteroatoms. The van der Waals surface area contributed by atoms with Gasteiger partial charge in [0, 0.05) is 4.47 Å². The molecule has 0 bridgehead atoms. The summed E-state index contributed by atoms with van der Waals surface area (Å²) in [5, 5.41) is 2.73. The topological polar surface area (TPSA) is 58.6 Å². The Labute approximate surface area is 126 Å². The molecule has 2 atom stereocenters. The molecule has 1 fully saturated rings. The molecule has 2 unspecified atom stereocenters. The molecule has 2 amide bonds. The molecule has 1 aliphatic rings. The van der Waals surface area contributed by atoms with Crippen molar-refractivity contribution in [2.45, 2.75) is 32.4 Å². The van der Waals surface area contributed by atoms with Gasteiger partial charge in [-0.15, -0.1) is 0 Å². The number of ether oxygens (including phenoxy) is 1. The van der Waals surface area contributed by atoms with Crippen LogP contribution in [0.2, 0.25) is 0 Å². The first-order valence-corrected chi connectivity index (χ1v) is 7.25. The number of nitrogens with one attached hydrogen (secondary N) is 1. The number of hydrogen-bond donors (Lipinski definition) is 1. The molecule has 0 saturated carbocycles. The maximum Gasteiger partial charge on any atom is 0.250 e. The second-order valence-electron chi connectivity index (χ2n) is 4.67. The quantitative estimate of drug-likeness (QED) is 0.916. The van der Waals surface area contributed by atoms with Crippen molar-refractivity contribution in [2.75, 3.05) is 12.0 Å². The van der Waals surface area contributed by atoms with Crippen molar-refractivity contribution >= 4 is 33.4 Å². The molecule has 108 valence electrons. The van der Waals surface area contributed by atoms with Gasteiger partial charge in [-0.3, -0.25) is 14.5 Å². The molecule has 2 rings (SSSR count). The van der Waals surface area contributed by atoms with Crippen molar-refractivity contribution in [1.29, 1.82) is 0 Å². The van der Waals surface area contributed by atoms with Gasteiger partial charge in [-0.1, -0.05) is 22.9 Å². The van der Waals surface area contributed by atoms with Crippen molar-refractivity contribution < 1.29 is 14.3 Å². The van der Waals surface area contributed by atoms with E-state index in [1.54, 1.807) is 26.2 Å². The maximum absolute atomic E-state index is 12.5. The minimum absolute atomic E-state index is 0.115. The van der Waals surface area contributed by atoms with Crippen molar-refractivity contribution in [2.24, 2.45) is 0 Å². The molecule has 1 aromatic carbocycles. The number of piperazine rings is 1. The fourth-order valence-electron chi connectivity index (χ4n) is 2.29. The average Bonchev–Trinajstić information content (AvgIpc) is 2.43. The zero-order valence-electron chi connectivity index (χ0n) is 11.6. The van der Waals surface area contributed by atoms with E-state index in [9.17, 15) is 9.59 Å². The van der Waals surface area contributed by atoms with Crippen LogP contribution in [0.5, 0.6) is 5.75 Å². The van der Waals surface area contributed by atoms with E-state index < -0.39 is 12.1 Å². The highest BCUT2D eigenvalue weighted by Crippen LogP contribution is 2.34. The van der Waals surface area contributed by atoms with E-state index >= 15 is 0 Å². The van der Waals surface area contributed by atoms with Crippen LogP contribution >= 0.6 is 15.9 Å². The van der Waals surface area contributed by atoms with Crippen LogP contribution in [0.15, 0.2) is 22.7 Å². The molecule has 0 spiro atoms. The molecule has 1 heterocycles. The van der Waals surface area contributed by atoms with Crippen LogP contribution in [0.1, 0.15) is 20.3 Å². The van der Waals surface area contributed by atoms with Gasteiger partial charge in [0.1, 0.15) is 17.8 Å². The van der Waals surface area contributed by atoms with Crippen LogP contribution in [0.25, 0.3) is 0 Å². The first-order chi connectivity index (χ1) is 9.49. The summed E-state index contributed by atoms with van der Waals surface area (Å²) in [5.74, 6) is 0.299. The number of carbonyl (C=O) groups excluding carboxylic acids is 2. The Morgan fingerprint density at radius 1 is 1.40 bits per heavy atom. The van der Waals surface area contributed by atoms with Crippen LogP contribution < -0.4 is 15.0 Å². The number of nitrogens with zero attached hydrogens (tertiary/aromatic N) is 1. The van der Waals surface area contributed by atoms with Gasteiger partial charge in [-0.2, -0.15) is 0 Å². The van der Waals surface area contributed by atoms with E-state index in [0.717, 1.165) is 4.47 Å². The van der Waals surface area contributed by atoms with Crippen LogP contribution in [0.4, 0.5) is 5.69 Å².